The molecule has 1 aromatic heterocycles. The van der Waals surface area contributed by atoms with Crippen molar-refractivity contribution in [1.29, 1.82) is 0 Å². The summed E-state index contributed by atoms with van der Waals surface area (Å²) >= 11 is 0. The van der Waals surface area contributed by atoms with Crippen LogP contribution in [-0.2, 0) is 0 Å². The second kappa shape index (κ2) is 6.66. The third-order valence-corrected chi connectivity index (χ3v) is 3.30. The highest BCUT2D eigenvalue weighted by atomic mass is 35.5. The van der Waals surface area contributed by atoms with Gasteiger partial charge in [-0.15, -0.1) is 12.4 Å². The van der Waals surface area contributed by atoms with Crippen LogP contribution in [0.15, 0.2) is 18.5 Å². The zero-order valence-corrected chi connectivity index (χ0v) is 11.1. The van der Waals surface area contributed by atoms with E-state index in [9.17, 15) is 4.79 Å². The van der Waals surface area contributed by atoms with Gasteiger partial charge in [-0.05, 0) is 18.9 Å². The Morgan fingerprint density at radius 1 is 1.33 bits per heavy atom. The number of rotatable bonds is 3. The maximum Gasteiger partial charge on any atom is 0.253 e. The number of halogens is 1. The lowest BCUT2D eigenvalue weighted by atomic mass is 9.82. The van der Waals surface area contributed by atoms with Gasteiger partial charge in [0.25, 0.3) is 5.91 Å². The Balaban J connectivity index is 0.00000162. The number of carbonyl (C=O) groups excluding carboxylic acids is 1. The number of aromatic nitrogens is 2. The summed E-state index contributed by atoms with van der Waals surface area (Å²) in [5.41, 5.74) is 6.54. The van der Waals surface area contributed by atoms with E-state index < -0.39 is 0 Å². The minimum atomic E-state index is -0.228. The molecule has 3 N–H and O–H groups in total. The molecule has 5 nitrogen and oxygen atoms in total. The van der Waals surface area contributed by atoms with E-state index in [4.69, 9.17) is 5.73 Å². The highest BCUT2D eigenvalue weighted by molar-refractivity contribution is 5.93. The van der Waals surface area contributed by atoms with Gasteiger partial charge < -0.3 is 11.1 Å². The fourth-order valence-corrected chi connectivity index (χ4v) is 2.22. The second-order valence-electron chi connectivity index (χ2n) is 4.74. The van der Waals surface area contributed by atoms with E-state index in [-0.39, 0.29) is 23.9 Å². The van der Waals surface area contributed by atoms with Crippen LogP contribution in [0.5, 0.6) is 0 Å². The van der Waals surface area contributed by atoms with Crippen molar-refractivity contribution in [3.05, 3.63) is 24.0 Å². The van der Waals surface area contributed by atoms with Gasteiger partial charge in [0.1, 0.15) is 0 Å². The first-order valence-electron chi connectivity index (χ1n) is 6.03. The minimum absolute atomic E-state index is 0. The van der Waals surface area contributed by atoms with Gasteiger partial charge in [0.2, 0.25) is 0 Å². The van der Waals surface area contributed by atoms with Crippen molar-refractivity contribution in [2.24, 2.45) is 5.73 Å². The summed E-state index contributed by atoms with van der Waals surface area (Å²) in [4.78, 5) is 11.8. The number of carbonyl (C=O) groups is 1. The molecule has 0 unspecified atom stereocenters. The molecule has 6 heteroatoms. The zero-order chi connectivity index (χ0) is 12.1. The van der Waals surface area contributed by atoms with Crippen LogP contribution in [0.1, 0.15) is 42.5 Å². The maximum atomic E-state index is 11.8. The van der Waals surface area contributed by atoms with E-state index >= 15 is 0 Å². The van der Waals surface area contributed by atoms with Gasteiger partial charge in [-0.2, -0.15) is 10.2 Å². The summed E-state index contributed by atoms with van der Waals surface area (Å²) in [6.07, 6.45) is 8.50. The molecular formula is C12H19ClN4O. The van der Waals surface area contributed by atoms with Crippen LogP contribution in [0.25, 0.3) is 0 Å². The minimum Gasteiger partial charge on any atom is -0.350 e. The number of nitrogens with two attached hydrogens (primary N) is 1. The fraction of sp³-hybridized carbons (Fsp3) is 0.583. The largest absolute Gasteiger partial charge is 0.350 e. The van der Waals surface area contributed by atoms with Crippen LogP contribution in [0.4, 0.5) is 0 Å². The summed E-state index contributed by atoms with van der Waals surface area (Å²) < 4.78 is 0. The van der Waals surface area contributed by atoms with Gasteiger partial charge in [0.05, 0.1) is 18.0 Å². The van der Waals surface area contributed by atoms with Gasteiger partial charge in [-0.3, -0.25) is 4.79 Å². The Morgan fingerprint density at radius 3 is 2.67 bits per heavy atom. The Kier molecular flexibility index (Phi) is 5.50. The number of hydrogen-bond donors (Lipinski definition) is 2. The molecule has 0 atom stereocenters. The van der Waals surface area contributed by atoms with Gasteiger partial charge in [-0.25, -0.2) is 0 Å². The van der Waals surface area contributed by atoms with E-state index in [1.165, 1.54) is 18.8 Å². The lowest BCUT2D eigenvalue weighted by Gasteiger charge is -2.33. The molecule has 0 spiro atoms. The topological polar surface area (TPSA) is 80.9 Å². The number of hydrogen-bond acceptors (Lipinski definition) is 4. The van der Waals surface area contributed by atoms with Crippen molar-refractivity contribution in [3.63, 3.8) is 0 Å². The second-order valence-corrected chi connectivity index (χ2v) is 4.74. The molecule has 18 heavy (non-hydrogen) atoms. The lowest BCUT2D eigenvalue weighted by Crippen LogP contribution is -2.51. The van der Waals surface area contributed by atoms with E-state index in [1.54, 1.807) is 6.07 Å². The fourth-order valence-electron chi connectivity index (χ4n) is 2.22. The first kappa shape index (κ1) is 14.9. The van der Waals surface area contributed by atoms with E-state index in [1.807, 2.05) is 0 Å². The van der Waals surface area contributed by atoms with Gasteiger partial charge in [0.15, 0.2) is 0 Å². The smallest absolute Gasteiger partial charge is 0.253 e. The third-order valence-electron chi connectivity index (χ3n) is 3.30. The summed E-state index contributed by atoms with van der Waals surface area (Å²) in [5.74, 6) is -0.129. The molecule has 1 saturated carbocycles. The molecule has 0 radical (unpaired) electrons. The highest BCUT2D eigenvalue weighted by Crippen LogP contribution is 2.25. The molecule has 2 rings (SSSR count). The first-order chi connectivity index (χ1) is 8.20. The van der Waals surface area contributed by atoms with Gasteiger partial charge in [-0.1, -0.05) is 19.3 Å². The van der Waals surface area contributed by atoms with Crippen LogP contribution in [0.2, 0.25) is 0 Å². The predicted molar refractivity (Wildman–Crippen MR) is 71.6 cm³/mol. The van der Waals surface area contributed by atoms with Crippen LogP contribution in [-0.4, -0.2) is 28.2 Å². The van der Waals surface area contributed by atoms with Gasteiger partial charge >= 0.3 is 0 Å². The standard InChI is InChI=1S/C12H18N4O.ClH/c13-12(5-2-1-3-6-12)9-14-11(17)10-4-7-15-16-8-10;/h4,7-8H,1-3,5-6,9,13H2,(H,14,17);1H. The average molecular weight is 271 g/mol. The zero-order valence-electron chi connectivity index (χ0n) is 10.3. The molecule has 1 amide bonds. The van der Waals surface area contributed by atoms with Crippen molar-refractivity contribution < 1.29 is 4.79 Å². The molecule has 1 heterocycles. The molecule has 1 aromatic rings. The molecule has 1 aliphatic carbocycles. The summed E-state index contributed by atoms with van der Waals surface area (Å²) in [6, 6.07) is 1.65. The van der Waals surface area contributed by atoms with E-state index in [0.29, 0.717) is 12.1 Å². The summed E-state index contributed by atoms with van der Waals surface area (Å²) in [6.45, 7) is 0.536. The molecule has 0 saturated heterocycles. The molecule has 0 aliphatic heterocycles. The van der Waals surface area contributed by atoms with Crippen LogP contribution in [0.3, 0.4) is 0 Å². The van der Waals surface area contributed by atoms with Crippen molar-refractivity contribution in [3.8, 4) is 0 Å². The molecule has 1 fully saturated rings. The predicted octanol–water partition coefficient (Wildman–Crippen LogP) is 1.29. The van der Waals surface area contributed by atoms with E-state index in [0.717, 1.165) is 25.7 Å². The normalized spacial score (nSPS) is 17.6. The molecular weight excluding hydrogens is 252 g/mol. The molecule has 0 aromatic carbocycles. The average Bonchev–Trinajstić information content (AvgIpc) is 2.38. The number of nitrogens with zero attached hydrogens (tertiary/aromatic N) is 2. The van der Waals surface area contributed by atoms with Crippen LogP contribution >= 0.6 is 12.4 Å². The van der Waals surface area contributed by atoms with Crippen molar-refractivity contribution in [2.45, 2.75) is 37.6 Å². The SMILES string of the molecule is Cl.NC1(CNC(=O)c2ccnnc2)CCCCC1. The van der Waals surface area contributed by atoms with Crippen LogP contribution in [0, 0.1) is 0 Å². The van der Waals surface area contributed by atoms with Crippen molar-refractivity contribution in [1.82, 2.24) is 15.5 Å². The Morgan fingerprint density at radius 2 is 2.06 bits per heavy atom. The van der Waals surface area contributed by atoms with Crippen LogP contribution < -0.4 is 11.1 Å². The monoisotopic (exact) mass is 270 g/mol. The highest BCUT2D eigenvalue weighted by Gasteiger charge is 2.27. The first-order valence-corrected chi connectivity index (χ1v) is 6.03. The maximum absolute atomic E-state index is 11.8. The third kappa shape index (κ3) is 3.92. The number of nitrogens with one attached hydrogen (secondary N) is 1. The Labute approximate surface area is 113 Å². The quantitative estimate of drug-likeness (QED) is 0.867. The molecule has 1 aliphatic rings. The van der Waals surface area contributed by atoms with Gasteiger partial charge in [0, 0.05) is 12.1 Å². The number of amides is 1. The molecule has 0 bridgehead atoms. The summed E-state index contributed by atoms with van der Waals surface area (Å²) in [5, 5.41) is 10.2. The van der Waals surface area contributed by atoms with Crippen molar-refractivity contribution >= 4 is 18.3 Å². The summed E-state index contributed by atoms with van der Waals surface area (Å²) in [7, 11) is 0. The van der Waals surface area contributed by atoms with Crippen molar-refractivity contribution in [2.75, 3.05) is 6.54 Å². The Bertz CT molecular complexity index is 379. The van der Waals surface area contributed by atoms with E-state index in [2.05, 4.69) is 15.5 Å². The Hall–Kier alpha value is -1.20. The lowest BCUT2D eigenvalue weighted by molar-refractivity contribution is 0.0937. The molecule has 100 valence electrons.